The highest BCUT2D eigenvalue weighted by atomic mass is 16.5. The van der Waals surface area contributed by atoms with Gasteiger partial charge < -0.3 is 4.74 Å². The van der Waals surface area contributed by atoms with Crippen molar-refractivity contribution in [2.24, 2.45) is 0 Å². The molecular weight excluding hydrogens is 152 g/mol. The molecule has 1 atom stereocenters. The second kappa shape index (κ2) is 9.01. The van der Waals surface area contributed by atoms with Crippen LogP contribution in [-0.4, -0.2) is 19.3 Å². The van der Waals surface area contributed by atoms with Crippen molar-refractivity contribution in [3.8, 4) is 0 Å². The number of rotatable bonds is 8. The van der Waals surface area contributed by atoms with Gasteiger partial charge in [-0.3, -0.25) is 0 Å². The molecule has 0 aliphatic heterocycles. The summed E-state index contributed by atoms with van der Waals surface area (Å²) in [5.41, 5.74) is 0. The molecule has 0 fully saturated rings. The molecule has 0 spiro atoms. The standard InChI is InChI=1S/C10H21O2/c1-3-4-5-7-10(2)12-9-6-8-11/h10H,3-9H2,1-2H3. The SMILES string of the molecule is CCCCCC(C)OCCC[O]. The van der Waals surface area contributed by atoms with Gasteiger partial charge in [0, 0.05) is 6.61 Å². The summed E-state index contributed by atoms with van der Waals surface area (Å²) in [6, 6.07) is 0. The normalized spacial score (nSPS) is 13.2. The number of hydrogen-bond donors (Lipinski definition) is 0. The van der Waals surface area contributed by atoms with E-state index in [4.69, 9.17) is 4.74 Å². The fraction of sp³-hybridized carbons (Fsp3) is 1.00. The van der Waals surface area contributed by atoms with E-state index in [1.54, 1.807) is 0 Å². The third-order valence-corrected chi connectivity index (χ3v) is 1.91. The van der Waals surface area contributed by atoms with Crippen LogP contribution in [0.4, 0.5) is 0 Å². The van der Waals surface area contributed by atoms with Gasteiger partial charge in [0.15, 0.2) is 0 Å². The monoisotopic (exact) mass is 173 g/mol. The van der Waals surface area contributed by atoms with Crippen LogP contribution >= 0.6 is 0 Å². The first kappa shape index (κ1) is 11.9. The van der Waals surface area contributed by atoms with E-state index < -0.39 is 0 Å². The van der Waals surface area contributed by atoms with Gasteiger partial charge in [-0.15, -0.1) is 0 Å². The van der Waals surface area contributed by atoms with Crippen LogP contribution in [0, 0.1) is 0 Å². The van der Waals surface area contributed by atoms with Crippen molar-refractivity contribution < 1.29 is 9.84 Å². The molecule has 0 aromatic rings. The maximum atomic E-state index is 10.1. The minimum atomic E-state index is -0.0122. The van der Waals surface area contributed by atoms with Gasteiger partial charge in [0.25, 0.3) is 0 Å². The highest BCUT2D eigenvalue weighted by molar-refractivity contribution is 4.50. The van der Waals surface area contributed by atoms with Gasteiger partial charge in [0.05, 0.1) is 12.7 Å². The van der Waals surface area contributed by atoms with Gasteiger partial charge in [-0.1, -0.05) is 26.2 Å². The first-order valence-corrected chi connectivity index (χ1v) is 5.01. The van der Waals surface area contributed by atoms with Gasteiger partial charge >= 0.3 is 0 Å². The minimum absolute atomic E-state index is 0.0122. The van der Waals surface area contributed by atoms with E-state index >= 15 is 0 Å². The molecule has 0 aromatic heterocycles. The van der Waals surface area contributed by atoms with Gasteiger partial charge in [-0.05, 0) is 19.8 Å². The molecule has 2 heteroatoms. The summed E-state index contributed by atoms with van der Waals surface area (Å²) in [7, 11) is 0. The Morgan fingerprint density at radius 1 is 1.25 bits per heavy atom. The van der Waals surface area contributed by atoms with Crippen molar-refractivity contribution in [3.05, 3.63) is 0 Å². The number of hydrogen-bond acceptors (Lipinski definition) is 1. The molecule has 1 unspecified atom stereocenters. The zero-order valence-corrected chi connectivity index (χ0v) is 8.34. The van der Waals surface area contributed by atoms with Crippen molar-refractivity contribution >= 4 is 0 Å². The molecule has 1 radical (unpaired) electrons. The van der Waals surface area contributed by atoms with Crippen LogP contribution in [0.3, 0.4) is 0 Å². The lowest BCUT2D eigenvalue weighted by Gasteiger charge is -2.11. The van der Waals surface area contributed by atoms with Gasteiger partial charge in [0.1, 0.15) is 0 Å². The van der Waals surface area contributed by atoms with Crippen LogP contribution in [0.15, 0.2) is 0 Å². The van der Waals surface area contributed by atoms with Gasteiger partial charge in [-0.2, -0.15) is 0 Å². The molecule has 2 nitrogen and oxygen atoms in total. The summed E-state index contributed by atoms with van der Waals surface area (Å²) in [4.78, 5) is 0. The summed E-state index contributed by atoms with van der Waals surface area (Å²) in [5, 5.41) is 10.1. The van der Waals surface area contributed by atoms with Crippen molar-refractivity contribution in [1.82, 2.24) is 0 Å². The third-order valence-electron chi connectivity index (χ3n) is 1.91. The fourth-order valence-electron chi connectivity index (χ4n) is 1.11. The average molecular weight is 173 g/mol. The van der Waals surface area contributed by atoms with Gasteiger partial charge in [0.2, 0.25) is 0 Å². The number of unbranched alkanes of at least 4 members (excludes halogenated alkanes) is 2. The Labute approximate surface area is 75.9 Å². The predicted octanol–water partition coefficient (Wildman–Crippen LogP) is 2.79. The van der Waals surface area contributed by atoms with Crippen LogP contribution in [0.5, 0.6) is 0 Å². The molecule has 0 bridgehead atoms. The van der Waals surface area contributed by atoms with Crippen LogP contribution in [0.25, 0.3) is 0 Å². The Morgan fingerprint density at radius 2 is 2.00 bits per heavy atom. The minimum Gasteiger partial charge on any atom is -0.378 e. The Balaban J connectivity index is 3.04. The van der Waals surface area contributed by atoms with E-state index in [9.17, 15) is 5.11 Å². The summed E-state index contributed by atoms with van der Waals surface area (Å²) in [6.07, 6.45) is 5.91. The highest BCUT2D eigenvalue weighted by Gasteiger charge is 2.00. The lowest BCUT2D eigenvalue weighted by Crippen LogP contribution is -2.09. The van der Waals surface area contributed by atoms with Crippen molar-refractivity contribution in [1.29, 1.82) is 0 Å². The summed E-state index contributed by atoms with van der Waals surface area (Å²) in [6.45, 7) is 4.90. The van der Waals surface area contributed by atoms with Crippen molar-refractivity contribution in [2.45, 2.75) is 52.1 Å². The number of ether oxygens (including phenoxy) is 1. The van der Waals surface area contributed by atoms with Crippen molar-refractivity contribution in [2.75, 3.05) is 13.2 Å². The zero-order valence-electron chi connectivity index (χ0n) is 8.34. The molecule has 0 aliphatic carbocycles. The second-order valence-corrected chi connectivity index (χ2v) is 3.23. The van der Waals surface area contributed by atoms with Crippen LogP contribution in [0.2, 0.25) is 0 Å². The summed E-state index contributed by atoms with van der Waals surface area (Å²) >= 11 is 0. The largest absolute Gasteiger partial charge is 0.378 e. The quantitative estimate of drug-likeness (QED) is 0.519. The zero-order chi connectivity index (χ0) is 9.23. The van der Waals surface area contributed by atoms with Crippen LogP contribution < -0.4 is 0 Å². The Bertz CT molecular complexity index is 73.9. The Morgan fingerprint density at radius 3 is 2.58 bits per heavy atom. The maximum Gasteiger partial charge on any atom is 0.0844 e. The molecule has 0 amide bonds. The Kier molecular flexibility index (Phi) is 8.95. The van der Waals surface area contributed by atoms with E-state index in [2.05, 4.69) is 13.8 Å². The molecule has 0 heterocycles. The molecule has 0 N–H and O–H groups in total. The third kappa shape index (κ3) is 8.02. The second-order valence-electron chi connectivity index (χ2n) is 3.23. The molecule has 0 saturated heterocycles. The topological polar surface area (TPSA) is 29.1 Å². The molecule has 0 aromatic carbocycles. The average Bonchev–Trinajstić information content (AvgIpc) is 2.06. The first-order chi connectivity index (χ1) is 5.81. The van der Waals surface area contributed by atoms with Gasteiger partial charge in [-0.25, -0.2) is 5.11 Å². The molecular formula is C10H21O2. The van der Waals surface area contributed by atoms with E-state index in [1.807, 2.05) is 0 Å². The predicted molar refractivity (Wildman–Crippen MR) is 49.7 cm³/mol. The van der Waals surface area contributed by atoms with Crippen LogP contribution in [0.1, 0.15) is 46.0 Å². The van der Waals surface area contributed by atoms with E-state index in [0.29, 0.717) is 19.1 Å². The molecule has 73 valence electrons. The summed E-state index contributed by atoms with van der Waals surface area (Å²) < 4.78 is 5.43. The fourth-order valence-corrected chi connectivity index (χ4v) is 1.11. The lowest BCUT2D eigenvalue weighted by atomic mass is 10.1. The smallest absolute Gasteiger partial charge is 0.0844 e. The Hall–Kier alpha value is -0.0800. The molecule has 12 heavy (non-hydrogen) atoms. The molecule has 0 rings (SSSR count). The van der Waals surface area contributed by atoms with E-state index in [-0.39, 0.29) is 6.61 Å². The van der Waals surface area contributed by atoms with Crippen molar-refractivity contribution in [3.63, 3.8) is 0 Å². The van der Waals surface area contributed by atoms with E-state index in [1.165, 1.54) is 19.3 Å². The van der Waals surface area contributed by atoms with Crippen LogP contribution in [-0.2, 0) is 9.84 Å². The first-order valence-electron chi connectivity index (χ1n) is 5.01. The molecule has 0 saturated carbocycles. The molecule has 0 aliphatic rings. The maximum absolute atomic E-state index is 10.1. The highest BCUT2D eigenvalue weighted by Crippen LogP contribution is 2.06. The van der Waals surface area contributed by atoms with E-state index in [0.717, 1.165) is 6.42 Å². The summed E-state index contributed by atoms with van der Waals surface area (Å²) in [5.74, 6) is 0. The lowest BCUT2D eigenvalue weighted by molar-refractivity contribution is 0.0422.